The second-order valence-electron chi connectivity index (χ2n) is 5.09. The Morgan fingerprint density at radius 2 is 2.14 bits per heavy atom. The van der Waals surface area contributed by atoms with Crippen LogP contribution in [0, 0.1) is 0 Å². The van der Waals surface area contributed by atoms with Crippen molar-refractivity contribution in [1.29, 1.82) is 0 Å². The normalized spacial score (nSPS) is 29.1. The summed E-state index contributed by atoms with van der Waals surface area (Å²) in [7, 11) is 1.73. The van der Waals surface area contributed by atoms with Gasteiger partial charge in [0.15, 0.2) is 0 Å². The molecule has 84 valence electrons. The Balaban J connectivity index is 2.60. The molecule has 0 bridgehead atoms. The van der Waals surface area contributed by atoms with Gasteiger partial charge in [0.05, 0.1) is 12.2 Å². The van der Waals surface area contributed by atoms with E-state index in [0.29, 0.717) is 6.61 Å². The third-order valence-electron chi connectivity index (χ3n) is 2.62. The molecule has 2 N–H and O–H groups in total. The molecule has 1 saturated heterocycles. The zero-order valence-corrected chi connectivity index (χ0v) is 9.64. The van der Waals surface area contributed by atoms with Gasteiger partial charge >= 0.3 is 0 Å². The molecule has 1 aliphatic heterocycles. The molecule has 3 nitrogen and oxygen atoms in total. The second kappa shape index (κ2) is 4.60. The van der Waals surface area contributed by atoms with E-state index in [4.69, 9.17) is 15.2 Å². The molecule has 14 heavy (non-hydrogen) atoms. The fraction of sp³-hybridized carbons (Fsp3) is 1.00. The average molecular weight is 201 g/mol. The molecule has 0 aliphatic carbocycles. The first-order chi connectivity index (χ1) is 6.47. The largest absolute Gasteiger partial charge is 0.382 e. The summed E-state index contributed by atoms with van der Waals surface area (Å²) in [5.41, 5.74) is 5.73. The molecule has 0 aromatic carbocycles. The van der Waals surface area contributed by atoms with Crippen LogP contribution in [0.3, 0.4) is 0 Å². The monoisotopic (exact) mass is 201 g/mol. The molecule has 0 saturated carbocycles. The van der Waals surface area contributed by atoms with Crippen LogP contribution in [0.2, 0.25) is 0 Å². The average Bonchev–Trinajstić information content (AvgIpc) is 2.02. The fourth-order valence-electron chi connectivity index (χ4n) is 2.31. The molecule has 0 aromatic heterocycles. The van der Waals surface area contributed by atoms with Crippen molar-refractivity contribution in [2.24, 2.45) is 5.73 Å². The Hall–Kier alpha value is -0.120. The van der Waals surface area contributed by atoms with E-state index in [0.717, 1.165) is 25.9 Å². The summed E-state index contributed by atoms with van der Waals surface area (Å²) in [6.45, 7) is 5.60. The lowest BCUT2D eigenvalue weighted by Gasteiger charge is -2.40. The predicted octanol–water partition coefficient (Wildman–Crippen LogP) is 1.70. The van der Waals surface area contributed by atoms with E-state index in [1.165, 1.54) is 6.42 Å². The third kappa shape index (κ3) is 3.56. The Kier molecular flexibility index (Phi) is 3.93. The molecule has 0 amide bonds. The van der Waals surface area contributed by atoms with E-state index in [2.05, 4.69) is 0 Å². The van der Waals surface area contributed by atoms with Crippen LogP contribution in [0.15, 0.2) is 0 Å². The zero-order valence-electron chi connectivity index (χ0n) is 9.64. The first-order valence-corrected chi connectivity index (χ1v) is 5.39. The van der Waals surface area contributed by atoms with Crippen molar-refractivity contribution >= 4 is 0 Å². The van der Waals surface area contributed by atoms with Crippen LogP contribution in [-0.2, 0) is 9.47 Å². The Labute approximate surface area is 86.9 Å². The molecule has 0 radical (unpaired) electrons. The summed E-state index contributed by atoms with van der Waals surface area (Å²) < 4.78 is 11.1. The fourth-order valence-corrected chi connectivity index (χ4v) is 2.31. The SMILES string of the molecule is COCC1(CC(C)(C)N)CCCCO1. The molecule has 1 heterocycles. The molecular formula is C11H23NO2. The Morgan fingerprint density at radius 1 is 1.43 bits per heavy atom. The Bertz CT molecular complexity index is 163. The van der Waals surface area contributed by atoms with Gasteiger partial charge in [-0.25, -0.2) is 0 Å². The van der Waals surface area contributed by atoms with Crippen LogP contribution >= 0.6 is 0 Å². The standard InChI is InChI=1S/C11H23NO2/c1-10(2,12)8-11(9-13-3)6-4-5-7-14-11/h4-9,12H2,1-3H3. The molecule has 3 heteroatoms. The minimum absolute atomic E-state index is 0.134. The van der Waals surface area contributed by atoms with Gasteiger partial charge in [-0.1, -0.05) is 0 Å². The second-order valence-corrected chi connectivity index (χ2v) is 5.09. The van der Waals surface area contributed by atoms with Crippen molar-refractivity contribution < 1.29 is 9.47 Å². The third-order valence-corrected chi connectivity index (χ3v) is 2.62. The summed E-state index contributed by atoms with van der Waals surface area (Å²) in [4.78, 5) is 0. The number of methoxy groups -OCH3 is 1. The van der Waals surface area contributed by atoms with E-state index < -0.39 is 0 Å². The van der Waals surface area contributed by atoms with Gasteiger partial charge < -0.3 is 15.2 Å². The van der Waals surface area contributed by atoms with E-state index in [1.54, 1.807) is 7.11 Å². The highest BCUT2D eigenvalue weighted by atomic mass is 16.5. The molecule has 0 spiro atoms. The van der Waals surface area contributed by atoms with Gasteiger partial charge in [-0.2, -0.15) is 0 Å². The van der Waals surface area contributed by atoms with Crippen molar-refractivity contribution in [2.45, 2.75) is 50.7 Å². The molecule has 1 aliphatic rings. The van der Waals surface area contributed by atoms with Crippen LogP contribution in [0.25, 0.3) is 0 Å². The van der Waals surface area contributed by atoms with Gasteiger partial charge in [-0.15, -0.1) is 0 Å². The van der Waals surface area contributed by atoms with Gasteiger partial charge in [-0.05, 0) is 39.5 Å². The highest BCUT2D eigenvalue weighted by Crippen LogP contribution is 2.32. The lowest BCUT2D eigenvalue weighted by atomic mass is 9.83. The van der Waals surface area contributed by atoms with Crippen LogP contribution in [0.5, 0.6) is 0 Å². The van der Waals surface area contributed by atoms with Crippen LogP contribution in [0.1, 0.15) is 39.5 Å². The number of hydrogen-bond acceptors (Lipinski definition) is 3. The summed E-state index contributed by atoms with van der Waals surface area (Å²) in [6, 6.07) is 0. The maximum atomic E-state index is 6.05. The Morgan fingerprint density at radius 3 is 2.57 bits per heavy atom. The zero-order chi connectivity index (χ0) is 10.7. The minimum Gasteiger partial charge on any atom is -0.382 e. The van der Waals surface area contributed by atoms with Crippen molar-refractivity contribution in [3.8, 4) is 0 Å². The van der Waals surface area contributed by atoms with E-state index >= 15 is 0 Å². The molecule has 0 aromatic rings. The number of ether oxygens (including phenoxy) is 2. The first-order valence-electron chi connectivity index (χ1n) is 5.39. The molecule has 1 atom stereocenters. The molecule has 1 rings (SSSR count). The summed E-state index contributed by atoms with van der Waals surface area (Å²) in [5.74, 6) is 0. The van der Waals surface area contributed by atoms with E-state index in [-0.39, 0.29) is 11.1 Å². The van der Waals surface area contributed by atoms with Gasteiger partial charge in [0.2, 0.25) is 0 Å². The van der Waals surface area contributed by atoms with Crippen molar-refractivity contribution in [1.82, 2.24) is 0 Å². The highest BCUT2D eigenvalue weighted by molar-refractivity contribution is 4.91. The molecule has 1 fully saturated rings. The summed E-state index contributed by atoms with van der Waals surface area (Å²) in [5, 5.41) is 0. The van der Waals surface area contributed by atoms with Gasteiger partial charge in [0.1, 0.15) is 0 Å². The smallest absolute Gasteiger partial charge is 0.0931 e. The molecule has 1 unspecified atom stereocenters. The first kappa shape index (κ1) is 12.0. The van der Waals surface area contributed by atoms with Crippen LogP contribution in [-0.4, -0.2) is 31.5 Å². The highest BCUT2D eigenvalue weighted by Gasteiger charge is 2.37. The quantitative estimate of drug-likeness (QED) is 0.753. The van der Waals surface area contributed by atoms with E-state index in [9.17, 15) is 0 Å². The lowest BCUT2D eigenvalue weighted by Crippen LogP contribution is -2.49. The number of hydrogen-bond donors (Lipinski definition) is 1. The lowest BCUT2D eigenvalue weighted by molar-refractivity contribution is -0.127. The summed E-state index contributed by atoms with van der Waals surface area (Å²) >= 11 is 0. The predicted molar refractivity (Wildman–Crippen MR) is 57.3 cm³/mol. The van der Waals surface area contributed by atoms with Gasteiger partial charge in [-0.3, -0.25) is 0 Å². The minimum atomic E-state index is -0.185. The maximum absolute atomic E-state index is 6.05. The van der Waals surface area contributed by atoms with Crippen LogP contribution < -0.4 is 5.73 Å². The van der Waals surface area contributed by atoms with Crippen molar-refractivity contribution in [2.75, 3.05) is 20.3 Å². The summed E-state index contributed by atoms with van der Waals surface area (Å²) in [6.07, 6.45) is 4.32. The van der Waals surface area contributed by atoms with Gasteiger partial charge in [0.25, 0.3) is 0 Å². The molecular weight excluding hydrogens is 178 g/mol. The van der Waals surface area contributed by atoms with Crippen LogP contribution in [0.4, 0.5) is 0 Å². The topological polar surface area (TPSA) is 44.5 Å². The van der Waals surface area contributed by atoms with Crippen molar-refractivity contribution in [3.05, 3.63) is 0 Å². The van der Waals surface area contributed by atoms with E-state index in [1.807, 2.05) is 13.8 Å². The number of nitrogens with two attached hydrogens (primary N) is 1. The van der Waals surface area contributed by atoms with Gasteiger partial charge in [0, 0.05) is 19.3 Å². The van der Waals surface area contributed by atoms with Crippen molar-refractivity contribution in [3.63, 3.8) is 0 Å². The number of rotatable bonds is 4. The maximum Gasteiger partial charge on any atom is 0.0931 e.